The number of aromatic nitrogens is 2. The van der Waals surface area contributed by atoms with Gasteiger partial charge in [0.2, 0.25) is 0 Å². The van der Waals surface area contributed by atoms with E-state index in [-0.39, 0.29) is 11.2 Å². The van der Waals surface area contributed by atoms with Gasteiger partial charge in [0.25, 0.3) is 11.2 Å². The lowest BCUT2D eigenvalue weighted by Crippen LogP contribution is -2.38. The van der Waals surface area contributed by atoms with Crippen LogP contribution < -0.4 is 14.9 Å². The standard InChI is InChI=1S/C36H25ClN4O3S/c37-30-14-5-2-9-24(30)20-39-21-25(27-12-4-6-15-31(27)39)19-32-35(42)40-34(23-10-7-11-26(18-23)41(43)44)29-17-16-22-8-1-3-13-28(22)33(29)38-36(40)45-32/h1-15,18-19,21,34H,16-17,20H2/b32-19+/t34-/m0/s1. The molecule has 0 saturated heterocycles. The smallest absolute Gasteiger partial charge is 0.271 e. The maximum atomic E-state index is 14.3. The Morgan fingerprint density at radius 3 is 2.64 bits per heavy atom. The fraction of sp³-hybridized carbons (Fsp3) is 0.111. The molecule has 2 aromatic heterocycles. The molecule has 0 radical (unpaired) electrons. The summed E-state index contributed by atoms with van der Waals surface area (Å²) in [5, 5.41) is 13.5. The number of hydrogen-bond donors (Lipinski definition) is 0. The van der Waals surface area contributed by atoms with Gasteiger partial charge < -0.3 is 4.57 Å². The molecule has 6 aromatic rings. The van der Waals surface area contributed by atoms with Crippen LogP contribution in [-0.4, -0.2) is 14.1 Å². The molecular formula is C36H25ClN4O3S. The van der Waals surface area contributed by atoms with Crippen LogP contribution in [-0.2, 0) is 13.0 Å². The highest BCUT2D eigenvalue weighted by atomic mass is 35.5. The Kier molecular flexibility index (Phi) is 6.62. The van der Waals surface area contributed by atoms with Crippen molar-refractivity contribution in [2.75, 3.05) is 0 Å². The Morgan fingerprint density at radius 1 is 0.978 bits per heavy atom. The van der Waals surface area contributed by atoms with E-state index in [9.17, 15) is 14.9 Å². The molecule has 2 aliphatic rings. The molecule has 9 heteroatoms. The van der Waals surface area contributed by atoms with Gasteiger partial charge in [-0.15, -0.1) is 0 Å². The average molecular weight is 629 g/mol. The maximum Gasteiger partial charge on any atom is 0.271 e. The molecule has 1 aliphatic carbocycles. The fourth-order valence-corrected chi connectivity index (χ4v) is 7.79. The molecule has 1 aliphatic heterocycles. The minimum Gasteiger partial charge on any atom is -0.342 e. The van der Waals surface area contributed by atoms with Crippen LogP contribution in [0.1, 0.15) is 40.3 Å². The number of rotatable bonds is 5. The van der Waals surface area contributed by atoms with Crippen LogP contribution in [0, 0.1) is 10.1 Å². The van der Waals surface area contributed by atoms with Crippen molar-refractivity contribution in [1.82, 2.24) is 9.13 Å². The number of para-hydroxylation sites is 1. The summed E-state index contributed by atoms with van der Waals surface area (Å²) in [6.07, 6.45) is 5.52. The number of nitro groups is 1. The fourth-order valence-electron chi connectivity index (χ4n) is 6.60. The van der Waals surface area contributed by atoms with Gasteiger partial charge in [-0.3, -0.25) is 19.5 Å². The normalized spacial score (nSPS) is 15.8. The van der Waals surface area contributed by atoms with Crippen molar-refractivity contribution >= 4 is 51.3 Å². The summed E-state index contributed by atoms with van der Waals surface area (Å²) < 4.78 is 4.43. The second-order valence-corrected chi connectivity index (χ2v) is 12.7. The largest absolute Gasteiger partial charge is 0.342 e. The quantitative estimate of drug-likeness (QED) is 0.154. The minimum absolute atomic E-state index is 0.00341. The Labute approximate surface area is 266 Å². The first-order valence-corrected chi connectivity index (χ1v) is 15.8. The monoisotopic (exact) mass is 628 g/mol. The number of nitro benzene ring substituents is 1. The molecule has 0 spiro atoms. The Bertz CT molecular complexity index is 2400. The van der Waals surface area contributed by atoms with E-state index in [0.29, 0.717) is 32.9 Å². The topological polar surface area (TPSA) is 82.4 Å². The summed E-state index contributed by atoms with van der Waals surface area (Å²) in [6, 6.07) is 30.3. The number of aryl methyl sites for hydroxylation is 1. The van der Waals surface area contributed by atoms with Crippen molar-refractivity contribution in [3.63, 3.8) is 0 Å². The number of fused-ring (bicyclic) bond motifs is 4. The summed E-state index contributed by atoms with van der Waals surface area (Å²) in [7, 11) is 0. The Hall–Kier alpha value is -5.05. The van der Waals surface area contributed by atoms with Gasteiger partial charge in [-0.1, -0.05) is 95.7 Å². The zero-order valence-electron chi connectivity index (χ0n) is 23.9. The molecule has 0 unspecified atom stereocenters. The highest BCUT2D eigenvalue weighted by molar-refractivity contribution is 7.07. The van der Waals surface area contributed by atoms with Gasteiger partial charge >= 0.3 is 0 Å². The van der Waals surface area contributed by atoms with Gasteiger partial charge in [0.15, 0.2) is 4.80 Å². The van der Waals surface area contributed by atoms with Crippen molar-refractivity contribution < 1.29 is 4.92 Å². The molecule has 8 rings (SSSR count). The van der Waals surface area contributed by atoms with E-state index in [1.165, 1.54) is 23.0 Å². The molecule has 4 aromatic carbocycles. The summed E-state index contributed by atoms with van der Waals surface area (Å²) in [6.45, 7) is 0.591. The van der Waals surface area contributed by atoms with Crippen LogP contribution in [0.25, 0.3) is 22.7 Å². The van der Waals surface area contributed by atoms with E-state index in [1.54, 1.807) is 16.7 Å². The van der Waals surface area contributed by atoms with Gasteiger partial charge in [-0.2, -0.15) is 0 Å². The third-order valence-electron chi connectivity index (χ3n) is 8.67. The van der Waals surface area contributed by atoms with Gasteiger partial charge in [0.05, 0.1) is 21.2 Å². The molecule has 0 saturated carbocycles. The average Bonchev–Trinajstić information content (AvgIpc) is 3.57. The zero-order chi connectivity index (χ0) is 30.7. The molecule has 45 heavy (non-hydrogen) atoms. The van der Waals surface area contributed by atoms with Crippen molar-refractivity contribution in [2.24, 2.45) is 4.99 Å². The van der Waals surface area contributed by atoms with Crippen molar-refractivity contribution in [3.05, 3.63) is 171 Å². The van der Waals surface area contributed by atoms with E-state index in [1.807, 2.05) is 60.7 Å². The lowest BCUT2D eigenvalue weighted by molar-refractivity contribution is -0.384. The summed E-state index contributed by atoms with van der Waals surface area (Å²) >= 11 is 7.85. The highest BCUT2D eigenvalue weighted by Gasteiger charge is 2.33. The van der Waals surface area contributed by atoms with Crippen molar-refractivity contribution in [2.45, 2.75) is 25.4 Å². The molecule has 0 N–H and O–H groups in total. The highest BCUT2D eigenvalue weighted by Crippen LogP contribution is 2.41. The summed E-state index contributed by atoms with van der Waals surface area (Å²) in [5.41, 5.74) is 7.63. The van der Waals surface area contributed by atoms with E-state index in [2.05, 4.69) is 35.0 Å². The lowest BCUT2D eigenvalue weighted by Gasteiger charge is -2.30. The van der Waals surface area contributed by atoms with Crippen LogP contribution in [0.15, 0.2) is 119 Å². The molecule has 1 atom stereocenters. The van der Waals surface area contributed by atoms with E-state index in [4.69, 9.17) is 16.6 Å². The van der Waals surface area contributed by atoms with Crippen molar-refractivity contribution in [1.29, 1.82) is 0 Å². The number of nitrogens with zero attached hydrogens (tertiary/aromatic N) is 4. The lowest BCUT2D eigenvalue weighted by atomic mass is 9.83. The number of benzene rings is 4. The predicted octanol–water partition coefficient (Wildman–Crippen LogP) is 6.88. The van der Waals surface area contributed by atoms with Gasteiger partial charge in [0, 0.05) is 51.9 Å². The van der Waals surface area contributed by atoms with Gasteiger partial charge in [-0.25, -0.2) is 4.99 Å². The second-order valence-electron chi connectivity index (χ2n) is 11.3. The second kappa shape index (κ2) is 10.8. The molecule has 0 amide bonds. The first-order valence-electron chi connectivity index (χ1n) is 14.6. The van der Waals surface area contributed by atoms with Crippen LogP contribution in [0.2, 0.25) is 5.02 Å². The molecular weight excluding hydrogens is 604 g/mol. The number of thiazole rings is 1. The summed E-state index contributed by atoms with van der Waals surface area (Å²) in [5.74, 6) is 0. The van der Waals surface area contributed by atoms with Crippen LogP contribution in [0.4, 0.5) is 5.69 Å². The van der Waals surface area contributed by atoms with Crippen LogP contribution in [0.5, 0.6) is 0 Å². The predicted molar refractivity (Wildman–Crippen MR) is 178 cm³/mol. The molecule has 3 heterocycles. The third kappa shape index (κ3) is 4.65. The van der Waals surface area contributed by atoms with E-state index in [0.717, 1.165) is 45.3 Å². The zero-order valence-corrected chi connectivity index (χ0v) is 25.5. The van der Waals surface area contributed by atoms with E-state index < -0.39 is 11.0 Å². The SMILES string of the molecule is O=c1/c(=C\c2cn(Cc3ccccc3Cl)c3ccccc23)sc2n1[C@@H](c1cccc([N+](=O)[O-])c1)C1=C(N=2)c2ccccc2CC1. The Morgan fingerprint density at radius 2 is 1.78 bits per heavy atom. The third-order valence-corrected chi connectivity index (χ3v) is 10.0. The molecule has 220 valence electrons. The number of allylic oxidation sites excluding steroid dienone is 1. The first-order chi connectivity index (χ1) is 22.0. The molecule has 0 bridgehead atoms. The summed E-state index contributed by atoms with van der Waals surface area (Å²) in [4.78, 5) is 31.3. The number of hydrogen-bond acceptors (Lipinski definition) is 5. The van der Waals surface area contributed by atoms with E-state index >= 15 is 0 Å². The van der Waals surface area contributed by atoms with Gasteiger partial charge in [-0.05, 0) is 53.3 Å². The first kappa shape index (κ1) is 27.5. The minimum atomic E-state index is -0.492. The van der Waals surface area contributed by atoms with Gasteiger partial charge in [0.1, 0.15) is 0 Å². The molecule has 7 nitrogen and oxygen atoms in total. The van der Waals surface area contributed by atoms with Crippen LogP contribution in [0.3, 0.4) is 0 Å². The maximum absolute atomic E-state index is 14.3. The molecule has 0 fully saturated rings. The number of non-ortho nitro benzene ring substituents is 1. The number of halogens is 1. The van der Waals surface area contributed by atoms with Crippen molar-refractivity contribution in [3.8, 4) is 0 Å². The Balaban J connectivity index is 1.33. The van der Waals surface area contributed by atoms with Crippen LogP contribution >= 0.6 is 22.9 Å².